The predicted octanol–water partition coefficient (Wildman–Crippen LogP) is 6.74. The molecule has 1 aromatic heterocycles. The molecule has 2 heterocycles. The molecule has 9 heteroatoms. The Kier molecular flexibility index (Phi) is 6.96. The Morgan fingerprint density at radius 2 is 1.97 bits per heavy atom. The second kappa shape index (κ2) is 10.1. The van der Waals surface area contributed by atoms with E-state index in [1.54, 1.807) is 18.2 Å². The van der Waals surface area contributed by atoms with Crippen LogP contribution >= 0.6 is 23.4 Å². The molecule has 4 rings (SSSR count). The fraction of sp³-hybridized carbons (Fsp3) is 0.167. The molecular formula is C24H20ClN3O4S. The maximum absolute atomic E-state index is 12.4. The summed E-state index contributed by atoms with van der Waals surface area (Å²) < 4.78 is 5.80. The molecule has 0 atom stereocenters. The van der Waals surface area contributed by atoms with Gasteiger partial charge in [0.2, 0.25) is 0 Å². The number of nitrogens with zero attached hydrogens (tertiary/aromatic N) is 2. The number of halogens is 1. The van der Waals surface area contributed by atoms with Crippen molar-refractivity contribution in [3.05, 3.63) is 86.0 Å². The normalized spacial score (nSPS) is 15.9. The number of unbranched alkanes of at least 4 members (excludes halogenated alkanes) is 1. The van der Waals surface area contributed by atoms with Crippen molar-refractivity contribution in [3.63, 3.8) is 0 Å². The second-order valence-electron chi connectivity index (χ2n) is 7.38. The molecule has 3 aromatic rings. The molecule has 0 aliphatic carbocycles. The number of carbonyl (C=O) groups is 1. The molecule has 7 nitrogen and oxygen atoms in total. The summed E-state index contributed by atoms with van der Waals surface area (Å²) >= 11 is 7.41. The summed E-state index contributed by atoms with van der Waals surface area (Å²) in [6.07, 6.45) is 4.97. The third-order valence-electron chi connectivity index (χ3n) is 4.97. The lowest BCUT2D eigenvalue weighted by Gasteiger charge is -2.01. The predicted molar refractivity (Wildman–Crippen MR) is 132 cm³/mol. The molecular weight excluding hydrogens is 462 g/mol. The Balaban J connectivity index is 1.48. The highest BCUT2D eigenvalue weighted by molar-refractivity contribution is 8.18. The lowest BCUT2D eigenvalue weighted by Crippen LogP contribution is -2.19. The van der Waals surface area contributed by atoms with Gasteiger partial charge >= 0.3 is 0 Å². The summed E-state index contributed by atoms with van der Waals surface area (Å²) in [5, 5.41) is 14.4. The van der Waals surface area contributed by atoms with Crippen LogP contribution in [0.5, 0.6) is 0 Å². The molecule has 1 fully saturated rings. The van der Waals surface area contributed by atoms with Crippen molar-refractivity contribution in [1.82, 2.24) is 5.32 Å². The first-order chi connectivity index (χ1) is 15.9. The van der Waals surface area contributed by atoms with Gasteiger partial charge < -0.3 is 9.73 Å². The van der Waals surface area contributed by atoms with Gasteiger partial charge in [-0.2, -0.15) is 0 Å². The summed E-state index contributed by atoms with van der Waals surface area (Å²) in [7, 11) is 0. The molecule has 1 aliphatic rings. The number of hydrogen-bond donors (Lipinski definition) is 1. The summed E-state index contributed by atoms with van der Waals surface area (Å²) in [5.41, 5.74) is 2.47. The molecule has 0 saturated carbocycles. The van der Waals surface area contributed by atoms with Crippen LogP contribution in [0.4, 0.5) is 11.4 Å². The van der Waals surface area contributed by atoms with Gasteiger partial charge in [-0.3, -0.25) is 14.9 Å². The average molecular weight is 482 g/mol. The van der Waals surface area contributed by atoms with E-state index in [4.69, 9.17) is 16.0 Å². The van der Waals surface area contributed by atoms with Crippen LogP contribution in [0.25, 0.3) is 17.4 Å². The first kappa shape index (κ1) is 22.8. The number of benzene rings is 2. The quantitative estimate of drug-likeness (QED) is 0.229. The van der Waals surface area contributed by atoms with Gasteiger partial charge in [0, 0.05) is 23.8 Å². The van der Waals surface area contributed by atoms with Crippen LogP contribution in [0.3, 0.4) is 0 Å². The van der Waals surface area contributed by atoms with Gasteiger partial charge in [0.05, 0.1) is 20.5 Å². The first-order valence-electron chi connectivity index (χ1n) is 10.4. The van der Waals surface area contributed by atoms with Crippen molar-refractivity contribution in [3.8, 4) is 11.3 Å². The van der Waals surface area contributed by atoms with Gasteiger partial charge in [0.1, 0.15) is 11.5 Å². The number of rotatable bonds is 7. The van der Waals surface area contributed by atoms with Crippen molar-refractivity contribution in [1.29, 1.82) is 0 Å². The lowest BCUT2D eigenvalue weighted by atomic mass is 10.1. The number of amidine groups is 1. The minimum atomic E-state index is -0.510. The number of nitrogens with one attached hydrogen (secondary N) is 1. The third-order valence-corrected chi connectivity index (χ3v) is 6.19. The van der Waals surface area contributed by atoms with Gasteiger partial charge in [-0.1, -0.05) is 37.1 Å². The molecule has 1 aliphatic heterocycles. The van der Waals surface area contributed by atoms with Gasteiger partial charge in [-0.25, -0.2) is 4.99 Å². The van der Waals surface area contributed by atoms with E-state index in [1.165, 1.54) is 35.5 Å². The summed E-state index contributed by atoms with van der Waals surface area (Å²) in [5.74, 6) is 0.644. The van der Waals surface area contributed by atoms with E-state index in [0.717, 1.165) is 24.9 Å². The highest BCUT2D eigenvalue weighted by Gasteiger charge is 2.24. The molecule has 33 heavy (non-hydrogen) atoms. The fourth-order valence-corrected chi connectivity index (χ4v) is 4.33. The molecule has 1 amide bonds. The fourth-order valence-electron chi connectivity index (χ4n) is 3.24. The van der Waals surface area contributed by atoms with Gasteiger partial charge in [-0.05, 0) is 60.5 Å². The van der Waals surface area contributed by atoms with E-state index >= 15 is 0 Å². The van der Waals surface area contributed by atoms with E-state index in [-0.39, 0.29) is 16.6 Å². The maximum Gasteiger partial charge on any atom is 0.270 e. The molecule has 0 radical (unpaired) electrons. The highest BCUT2D eigenvalue weighted by Crippen LogP contribution is 2.34. The minimum Gasteiger partial charge on any atom is -0.457 e. The molecule has 0 spiro atoms. The van der Waals surface area contributed by atoms with Crippen molar-refractivity contribution in [2.45, 2.75) is 26.2 Å². The number of nitro benzene ring substituents is 1. The SMILES string of the molecule is CCCCc1ccc(N=C2NC(=O)C(=Cc3ccc(-c4ccc([N+](=O)[O-])cc4Cl)o3)S2)cc1. The maximum atomic E-state index is 12.4. The zero-order valence-electron chi connectivity index (χ0n) is 17.7. The minimum absolute atomic E-state index is 0.0981. The third kappa shape index (κ3) is 5.53. The molecule has 1 saturated heterocycles. The van der Waals surface area contributed by atoms with E-state index in [1.807, 2.05) is 12.1 Å². The monoisotopic (exact) mass is 481 g/mol. The Morgan fingerprint density at radius 1 is 1.18 bits per heavy atom. The topological polar surface area (TPSA) is 97.7 Å². The van der Waals surface area contributed by atoms with Gasteiger partial charge in [0.25, 0.3) is 11.6 Å². The number of aliphatic imine (C=N–C) groups is 1. The molecule has 0 unspecified atom stereocenters. The van der Waals surface area contributed by atoms with Crippen LogP contribution in [-0.2, 0) is 11.2 Å². The first-order valence-corrected chi connectivity index (χ1v) is 11.5. The van der Waals surface area contributed by atoms with Crippen molar-refractivity contribution in [2.75, 3.05) is 0 Å². The number of thioether (sulfide) groups is 1. The Labute approximate surface area is 199 Å². The standard InChI is InChI=1S/C24H20ClN3O4S/c1-2-3-4-15-5-7-16(8-6-15)26-24-27-23(29)22(33-24)14-18-10-12-21(32-18)19-11-9-17(28(30)31)13-20(19)25/h5-14H,2-4H2,1H3,(H,26,27,29). The number of carbonyl (C=O) groups excluding carboxylic acids is 1. The number of nitro groups is 1. The number of aryl methyl sites for hydroxylation is 1. The van der Waals surface area contributed by atoms with Crippen LogP contribution < -0.4 is 5.32 Å². The smallest absolute Gasteiger partial charge is 0.270 e. The number of hydrogen-bond acceptors (Lipinski definition) is 6. The van der Waals surface area contributed by atoms with Crippen LogP contribution in [0.1, 0.15) is 31.1 Å². The molecule has 168 valence electrons. The Hall–Kier alpha value is -3.36. The Morgan fingerprint density at radius 3 is 2.67 bits per heavy atom. The van der Waals surface area contributed by atoms with E-state index < -0.39 is 4.92 Å². The van der Waals surface area contributed by atoms with E-state index in [2.05, 4.69) is 29.4 Å². The van der Waals surface area contributed by atoms with Gasteiger partial charge in [0.15, 0.2) is 5.17 Å². The van der Waals surface area contributed by atoms with E-state index in [0.29, 0.717) is 27.2 Å². The van der Waals surface area contributed by atoms with Crippen molar-refractivity contribution in [2.24, 2.45) is 4.99 Å². The largest absolute Gasteiger partial charge is 0.457 e. The van der Waals surface area contributed by atoms with Crippen molar-refractivity contribution < 1.29 is 14.1 Å². The van der Waals surface area contributed by atoms with Crippen LogP contribution in [0, 0.1) is 10.1 Å². The van der Waals surface area contributed by atoms with E-state index in [9.17, 15) is 14.9 Å². The van der Waals surface area contributed by atoms with Crippen LogP contribution in [0.15, 0.2) is 68.9 Å². The van der Waals surface area contributed by atoms with Crippen LogP contribution in [0.2, 0.25) is 5.02 Å². The zero-order valence-corrected chi connectivity index (χ0v) is 19.3. The Bertz CT molecular complexity index is 1260. The summed E-state index contributed by atoms with van der Waals surface area (Å²) in [6, 6.07) is 15.6. The second-order valence-corrected chi connectivity index (χ2v) is 8.81. The van der Waals surface area contributed by atoms with Gasteiger partial charge in [-0.15, -0.1) is 0 Å². The highest BCUT2D eigenvalue weighted by atomic mass is 35.5. The zero-order chi connectivity index (χ0) is 23.4. The molecule has 2 aromatic carbocycles. The summed E-state index contributed by atoms with van der Waals surface area (Å²) in [6.45, 7) is 2.17. The van der Waals surface area contributed by atoms with Crippen LogP contribution in [-0.4, -0.2) is 16.0 Å². The lowest BCUT2D eigenvalue weighted by molar-refractivity contribution is -0.384. The molecule has 0 bridgehead atoms. The van der Waals surface area contributed by atoms with Crippen molar-refractivity contribution >= 4 is 51.9 Å². The number of amides is 1. The number of non-ortho nitro benzene ring substituents is 1. The average Bonchev–Trinajstić information content (AvgIpc) is 3.39. The summed E-state index contributed by atoms with van der Waals surface area (Å²) in [4.78, 5) is 27.7. The molecule has 1 N–H and O–H groups in total. The number of furan rings is 1.